The Hall–Kier alpha value is -2.68. The standard InChI is InChI=1S/C27H36N4O5S2/c1-5-7-12-30-23(29-11-8-10-19(17-29)26(34)36-6-2)20(18(3)21(16-28)24(30)32)15-22-25(33)31(27(37)38-22)13-9-14-35-4/h15,19H,5-14,17H2,1-4H3. The van der Waals surface area contributed by atoms with E-state index in [1.807, 2.05) is 11.8 Å². The highest BCUT2D eigenvalue weighted by Gasteiger charge is 2.34. The van der Waals surface area contributed by atoms with Crippen molar-refractivity contribution in [1.82, 2.24) is 9.47 Å². The zero-order valence-corrected chi connectivity index (χ0v) is 24.2. The minimum absolute atomic E-state index is 0.0608. The van der Waals surface area contributed by atoms with Crippen molar-refractivity contribution in [2.24, 2.45) is 5.92 Å². The highest BCUT2D eigenvalue weighted by molar-refractivity contribution is 8.26. The number of thioether (sulfide) groups is 1. The number of carbonyl (C=O) groups excluding carboxylic acids is 2. The molecule has 2 saturated heterocycles. The molecule has 2 aliphatic rings. The maximum absolute atomic E-state index is 13.5. The van der Waals surface area contributed by atoms with E-state index in [0.29, 0.717) is 78.4 Å². The lowest BCUT2D eigenvalue weighted by Gasteiger charge is -2.36. The molecule has 38 heavy (non-hydrogen) atoms. The van der Waals surface area contributed by atoms with Gasteiger partial charge in [-0.15, -0.1) is 0 Å². The maximum Gasteiger partial charge on any atom is 0.310 e. The summed E-state index contributed by atoms with van der Waals surface area (Å²) in [5, 5.41) is 9.89. The molecule has 0 radical (unpaired) electrons. The van der Waals surface area contributed by atoms with Crippen LogP contribution in [0.1, 0.15) is 62.6 Å². The van der Waals surface area contributed by atoms with Gasteiger partial charge in [0.25, 0.3) is 11.5 Å². The fourth-order valence-corrected chi connectivity index (χ4v) is 6.11. The van der Waals surface area contributed by atoms with Gasteiger partial charge in [0.05, 0.1) is 17.4 Å². The molecule has 9 nitrogen and oxygen atoms in total. The third-order valence-electron chi connectivity index (χ3n) is 6.80. The molecule has 1 amide bonds. The van der Waals surface area contributed by atoms with E-state index in [0.717, 1.165) is 19.3 Å². The Kier molecular flexibility index (Phi) is 10.9. The van der Waals surface area contributed by atoms with Crippen LogP contribution in [0.3, 0.4) is 0 Å². The molecule has 0 saturated carbocycles. The van der Waals surface area contributed by atoms with Gasteiger partial charge in [0.1, 0.15) is 21.8 Å². The minimum Gasteiger partial charge on any atom is -0.466 e. The smallest absolute Gasteiger partial charge is 0.310 e. The molecule has 0 bridgehead atoms. The molecule has 1 aromatic heterocycles. The van der Waals surface area contributed by atoms with Gasteiger partial charge in [0.2, 0.25) is 0 Å². The number of pyridine rings is 1. The Bertz CT molecular complexity index is 1200. The normalized spacial score (nSPS) is 18.8. The number of methoxy groups -OCH3 is 1. The SMILES string of the molecule is CCCCn1c(N2CCCC(C(=O)OCC)C2)c(C=C2SC(=S)N(CCCOC)C2=O)c(C)c(C#N)c1=O. The van der Waals surface area contributed by atoms with Gasteiger partial charge in [-0.05, 0) is 51.2 Å². The van der Waals surface area contributed by atoms with Gasteiger partial charge in [-0.1, -0.05) is 37.3 Å². The van der Waals surface area contributed by atoms with Gasteiger partial charge in [-0.25, -0.2) is 0 Å². The lowest BCUT2D eigenvalue weighted by molar-refractivity contribution is -0.148. The van der Waals surface area contributed by atoms with Crippen molar-refractivity contribution >= 4 is 52.1 Å². The first-order chi connectivity index (χ1) is 18.3. The molecular formula is C27H36N4O5S2. The Labute approximate surface area is 233 Å². The van der Waals surface area contributed by atoms with Gasteiger partial charge >= 0.3 is 5.97 Å². The number of thiocarbonyl (C=S) groups is 1. The zero-order chi connectivity index (χ0) is 27.8. The molecule has 0 spiro atoms. The Morgan fingerprint density at radius 1 is 1.26 bits per heavy atom. The number of carbonyl (C=O) groups is 2. The van der Waals surface area contributed by atoms with Gasteiger partial charge in [0, 0.05) is 45.5 Å². The van der Waals surface area contributed by atoms with Crippen molar-refractivity contribution in [3.63, 3.8) is 0 Å². The van der Waals surface area contributed by atoms with E-state index in [9.17, 15) is 19.6 Å². The van der Waals surface area contributed by atoms with Crippen molar-refractivity contribution in [2.45, 2.75) is 59.4 Å². The molecule has 206 valence electrons. The molecule has 0 N–H and O–H groups in total. The van der Waals surface area contributed by atoms with Crippen LogP contribution in [-0.4, -0.2) is 65.6 Å². The van der Waals surface area contributed by atoms with Crippen LogP contribution >= 0.6 is 24.0 Å². The largest absolute Gasteiger partial charge is 0.466 e. The first-order valence-corrected chi connectivity index (χ1v) is 14.3. The van der Waals surface area contributed by atoms with Crippen molar-refractivity contribution in [2.75, 3.05) is 44.9 Å². The number of ether oxygens (including phenoxy) is 2. The maximum atomic E-state index is 13.5. The predicted molar refractivity (Wildman–Crippen MR) is 153 cm³/mol. The second-order valence-corrected chi connectivity index (χ2v) is 11.1. The number of nitriles is 1. The number of piperidine rings is 1. The summed E-state index contributed by atoms with van der Waals surface area (Å²) in [4.78, 5) is 43.5. The average molecular weight is 561 g/mol. The van der Waals surface area contributed by atoms with E-state index < -0.39 is 0 Å². The average Bonchev–Trinajstić information content (AvgIpc) is 3.17. The van der Waals surface area contributed by atoms with Crippen molar-refractivity contribution in [1.29, 1.82) is 5.26 Å². The van der Waals surface area contributed by atoms with E-state index in [-0.39, 0.29) is 28.9 Å². The number of rotatable bonds is 11. The van der Waals surface area contributed by atoms with Gasteiger partial charge in [-0.3, -0.25) is 23.9 Å². The topological polar surface area (TPSA) is 105 Å². The second kappa shape index (κ2) is 13.9. The highest BCUT2D eigenvalue weighted by Crippen LogP contribution is 2.37. The zero-order valence-electron chi connectivity index (χ0n) is 22.6. The Morgan fingerprint density at radius 3 is 2.68 bits per heavy atom. The van der Waals surface area contributed by atoms with Gasteiger partial charge < -0.3 is 14.4 Å². The molecule has 2 aliphatic heterocycles. The summed E-state index contributed by atoms with van der Waals surface area (Å²) in [6.45, 7) is 8.32. The van der Waals surface area contributed by atoms with Crippen LogP contribution in [0.15, 0.2) is 9.70 Å². The molecular weight excluding hydrogens is 524 g/mol. The molecule has 0 aliphatic carbocycles. The van der Waals surface area contributed by atoms with E-state index in [2.05, 4.69) is 6.07 Å². The molecule has 1 aromatic rings. The van der Waals surface area contributed by atoms with Crippen LogP contribution in [0.4, 0.5) is 5.82 Å². The third kappa shape index (κ3) is 6.47. The van der Waals surface area contributed by atoms with E-state index in [4.69, 9.17) is 21.7 Å². The number of nitrogens with zero attached hydrogens (tertiary/aromatic N) is 4. The van der Waals surface area contributed by atoms with Crippen LogP contribution < -0.4 is 10.5 Å². The van der Waals surface area contributed by atoms with Crippen LogP contribution in [0.2, 0.25) is 0 Å². The summed E-state index contributed by atoms with van der Waals surface area (Å²) in [6, 6.07) is 2.09. The summed E-state index contributed by atoms with van der Waals surface area (Å²) in [6.07, 6.45) is 5.49. The molecule has 1 unspecified atom stereocenters. The molecule has 2 fully saturated rings. The Balaban J connectivity index is 2.15. The first-order valence-electron chi connectivity index (χ1n) is 13.1. The summed E-state index contributed by atoms with van der Waals surface area (Å²) < 4.78 is 12.5. The van der Waals surface area contributed by atoms with E-state index in [1.165, 1.54) is 11.8 Å². The molecule has 3 rings (SSSR count). The number of hydrogen-bond donors (Lipinski definition) is 0. The molecule has 0 aromatic carbocycles. The van der Waals surface area contributed by atoms with Crippen LogP contribution in [-0.2, 0) is 25.6 Å². The number of amides is 1. The highest BCUT2D eigenvalue weighted by atomic mass is 32.2. The summed E-state index contributed by atoms with van der Waals surface area (Å²) in [5.41, 5.74) is 0.865. The van der Waals surface area contributed by atoms with Crippen LogP contribution in [0.5, 0.6) is 0 Å². The number of anilines is 1. The fraction of sp³-hybridized carbons (Fsp3) is 0.593. The predicted octanol–water partition coefficient (Wildman–Crippen LogP) is 3.85. The molecule has 3 heterocycles. The summed E-state index contributed by atoms with van der Waals surface area (Å²) in [5.74, 6) is -0.127. The van der Waals surface area contributed by atoms with Crippen molar-refractivity contribution in [3.8, 4) is 6.07 Å². The fourth-order valence-electron chi connectivity index (χ4n) is 4.82. The second-order valence-electron chi connectivity index (χ2n) is 9.38. The lowest BCUT2D eigenvalue weighted by Crippen LogP contribution is -2.43. The van der Waals surface area contributed by atoms with Crippen LogP contribution in [0.25, 0.3) is 6.08 Å². The monoisotopic (exact) mass is 560 g/mol. The number of hydrogen-bond acceptors (Lipinski definition) is 9. The first kappa shape index (κ1) is 29.9. The van der Waals surface area contributed by atoms with E-state index >= 15 is 0 Å². The lowest BCUT2D eigenvalue weighted by atomic mass is 9.96. The molecule has 1 atom stereocenters. The Morgan fingerprint density at radius 2 is 2.03 bits per heavy atom. The van der Waals surface area contributed by atoms with Crippen molar-refractivity contribution in [3.05, 3.63) is 31.9 Å². The number of unbranched alkanes of at least 4 members (excludes halogenated alkanes) is 1. The van der Waals surface area contributed by atoms with E-state index in [1.54, 1.807) is 36.5 Å². The number of esters is 1. The van der Waals surface area contributed by atoms with Gasteiger partial charge in [-0.2, -0.15) is 5.26 Å². The summed E-state index contributed by atoms with van der Waals surface area (Å²) >= 11 is 6.71. The third-order valence-corrected chi connectivity index (χ3v) is 8.18. The van der Waals surface area contributed by atoms with Gasteiger partial charge in [0.15, 0.2) is 0 Å². The van der Waals surface area contributed by atoms with Crippen LogP contribution in [0, 0.1) is 24.2 Å². The molecule has 11 heteroatoms. The number of aromatic nitrogens is 1. The minimum atomic E-state index is -0.351. The quantitative estimate of drug-likeness (QED) is 0.173. The summed E-state index contributed by atoms with van der Waals surface area (Å²) in [7, 11) is 1.61. The van der Waals surface area contributed by atoms with Crippen molar-refractivity contribution < 1.29 is 19.1 Å².